The van der Waals surface area contributed by atoms with E-state index >= 15 is 0 Å². The SMILES string of the molecule is CN=C(NCC(C)Oc1ccc(Cl)cc1)NC1CCN(CC(=O)NC)CC1.I. The molecule has 2 rings (SSSR count). The number of amides is 1. The molecule has 0 bridgehead atoms. The molecule has 1 aliphatic heterocycles. The molecular formula is C19H31ClIN5O2. The number of hydrogen-bond acceptors (Lipinski definition) is 4. The van der Waals surface area contributed by atoms with Crippen LogP contribution in [0.15, 0.2) is 29.3 Å². The fourth-order valence-corrected chi connectivity index (χ4v) is 3.06. The number of guanidine groups is 1. The number of hydrogen-bond donors (Lipinski definition) is 3. The number of piperidine rings is 1. The van der Waals surface area contributed by atoms with E-state index in [0.29, 0.717) is 24.2 Å². The zero-order valence-corrected chi connectivity index (χ0v) is 19.8. The van der Waals surface area contributed by atoms with Crippen LogP contribution >= 0.6 is 35.6 Å². The highest BCUT2D eigenvalue weighted by molar-refractivity contribution is 14.0. The van der Waals surface area contributed by atoms with Crippen molar-refractivity contribution < 1.29 is 9.53 Å². The Labute approximate surface area is 189 Å². The zero-order valence-electron chi connectivity index (χ0n) is 16.7. The third-order valence-electron chi connectivity index (χ3n) is 4.51. The Morgan fingerprint density at radius 3 is 2.54 bits per heavy atom. The lowest BCUT2D eigenvalue weighted by molar-refractivity contribution is -0.122. The standard InChI is InChI=1S/C19H30ClN5O2.HI/c1-14(27-17-6-4-15(20)5-7-17)12-23-19(22-3)24-16-8-10-25(11-9-16)13-18(26)21-2;/h4-7,14,16H,8-13H2,1-3H3,(H,21,26)(H2,22,23,24);1H. The number of nitrogens with one attached hydrogen (secondary N) is 3. The van der Waals surface area contributed by atoms with E-state index in [9.17, 15) is 4.79 Å². The van der Waals surface area contributed by atoms with Crippen LogP contribution < -0.4 is 20.7 Å². The van der Waals surface area contributed by atoms with E-state index in [1.165, 1.54) is 0 Å². The maximum atomic E-state index is 11.5. The first-order valence-electron chi connectivity index (χ1n) is 9.32. The largest absolute Gasteiger partial charge is 0.489 e. The third kappa shape index (κ3) is 8.83. The van der Waals surface area contributed by atoms with Crippen LogP contribution in [0.25, 0.3) is 0 Å². The summed E-state index contributed by atoms with van der Waals surface area (Å²) in [5, 5.41) is 10.1. The molecule has 1 aromatic rings. The molecule has 7 nitrogen and oxygen atoms in total. The second kappa shape index (κ2) is 13.1. The van der Waals surface area contributed by atoms with Crippen LogP contribution in [0.4, 0.5) is 0 Å². The number of likely N-dealkylation sites (tertiary alicyclic amines) is 1. The maximum absolute atomic E-state index is 11.5. The Balaban J connectivity index is 0.00000392. The third-order valence-corrected chi connectivity index (χ3v) is 4.76. The summed E-state index contributed by atoms with van der Waals surface area (Å²) in [5.74, 6) is 1.63. The van der Waals surface area contributed by atoms with Gasteiger partial charge in [0.25, 0.3) is 0 Å². The van der Waals surface area contributed by atoms with Crippen LogP contribution in [0.5, 0.6) is 5.75 Å². The average Bonchev–Trinajstić information content (AvgIpc) is 2.68. The minimum atomic E-state index is -0.0147. The van der Waals surface area contributed by atoms with Gasteiger partial charge in [-0.1, -0.05) is 11.6 Å². The van der Waals surface area contributed by atoms with E-state index in [2.05, 4.69) is 25.8 Å². The van der Waals surface area contributed by atoms with Gasteiger partial charge in [0.1, 0.15) is 11.9 Å². The molecule has 28 heavy (non-hydrogen) atoms. The van der Waals surface area contributed by atoms with Gasteiger partial charge >= 0.3 is 0 Å². The number of aliphatic imine (C=N–C) groups is 1. The van der Waals surface area contributed by atoms with Crippen LogP contribution in [0.3, 0.4) is 0 Å². The molecule has 0 radical (unpaired) electrons. The summed E-state index contributed by atoms with van der Waals surface area (Å²) in [6.45, 7) is 4.91. The Bertz CT molecular complexity index is 621. The normalized spacial score (nSPS) is 16.6. The summed E-state index contributed by atoms with van der Waals surface area (Å²) in [6, 6.07) is 7.70. The number of carbonyl (C=O) groups is 1. The number of carbonyl (C=O) groups excluding carboxylic acids is 1. The van der Waals surface area contributed by atoms with Crippen molar-refractivity contribution in [3.63, 3.8) is 0 Å². The molecule has 0 aromatic heterocycles. The van der Waals surface area contributed by atoms with Crippen molar-refractivity contribution in [3.8, 4) is 5.75 Å². The molecule has 9 heteroatoms. The van der Waals surface area contributed by atoms with Gasteiger partial charge in [0, 0.05) is 38.2 Å². The number of nitrogens with zero attached hydrogens (tertiary/aromatic N) is 2. The lowest BCUT2D eigenvalue weighted by Gasteiger charge is -2.32. The molecule has 158 valence electrons. The number of rotatable bonds is 7. The first kappa shape index (κ1) is 24.8. The summed E-state index contributed by atoms with van der Waals surface area (Å²) in [5.41, 5.74) is 0. The highest BCUT2D eigenvalue weighted by atomic mass is 127. The van der Waals surface area contributed by atoms with Gasteiger partial charge in [-0.2, -0.15) is 0 Å². The molecule has 0 spiro atoms. The molecule has 1 heterocycles. The van der Waals surface area contributed by atoms with E-state index in [-0.39, 0.29) is 36.0 Å². The molecule has 1 saturated heterocycles. The van der Waals surface area contributed by atoms with Gasteiger partial charge in [-0.15, -0.1) is 24.0 Å². The molecule has 0 saturated carbocycles. The average molecular weight is 524 g/mol. The number of halogens is 2. The molecule has 1 fully saturated rings. The van der Waals surface area contributed by atoms with Gasteiger partial charge in [-0.05, 0) is 44.0 Å². The fraction of sp³-hybridized carbons (Fsp3) is 0.579. The van der Waals surface area contributed by atoms with Crippen LogP contribution in [0, 0.1) is 0 Å². The molecule has 1 aliphatic rings. The van der Waals surface area contributed by atoms with E-state index < -0.39 is 0 Å². The molecule has 3 N–H and O–H groups in total. The van der Waals surface area contributed by atoms with E-state index in [0.717, 1.165) is 37.6 Å². The van der Waals surface area contributed by atoms with E-state index in [1.807, 2.05) is 31.2 Å². The van der Waals surface area contributed by atoms with Crippen molar-refractivity contribution in [3.05, 3.63) is 29.3 Å². The molecule has 1 unspecified atom stereocenters. The van der Waals surface area contributed by atoms with Crippen LogP contribution in [0.2, 0.25) is 5.02 Å². The quantitative estimate of drug-likeness (QED) is 0.290. The number of likely N-dealkylation sites (N-methyl/N-ethyl adjacent to an activating group) is 1. The summed E-state index contributed by atoms with van der Waals surface area (Å²) >= 11 is 5.89. The Morgan fingerprint density at radius 1 is 1.32 bits per heavy atom. The predicted molar refractivity (Wildman–Crippen MR) is 125 cm³/mol. The maximum Gasteiger partial charge on any atom is 0.233 e. The van der Waals surface area contributed by atoms with Crippen LogP contribution in [-0.2, 0) is 4.79 Å². The molecule has 1 amide bonds. The zero-order chi connectivity index (χ0) is 19.6. The smallest absolute Gasteiger partial charge is 0.233 e. The van der Waals surface area contributed by atoms with Crippen molar-refractivity contribution in [1.29, 1.82) is 0 Å². The summed E-state index contributed by atoms with van der Waals surface area (Å²) in [6.07, 6.45) is 1.95. The van der Waals surface area contributed by atoms with Gasteiger partial charge < -0.3 is 20.7 Å². The molecular weight excluding hydrogens is 493 g/mol. The fourth-order valence-electron chi connectivity index (χ4n) is 2.93. The summed E-state index contributed by atoms with van der Waals surface area (Å²) < 4.78 is 5.87. The highest BCUT2D eigenvalue weighted by Gasteiger charge is 2.21. The molecule has 1 aromatic carbocycles. The Kier molecular flexibility index (Phi) is 11.6. The summed E-state index contributed by atoms with van der Waals surface area (Å²) in [4.78, 5) is 17.9. The molecule has 1 atom stereocenters. The number of benzene rings is 1. The van der Waals surface area contributed by atoms with Crippen molar-refractivity contribution >= 4 is 47.4 Å². The second-order valence-corrected chi connectivity index (χ2v) is 7.14. The minimum absolute atomic E-state index is 0. The van der Waals surface area contributed by atoms with Crippen LogP contribution in [-0.4, -0.2) is 69.2 Å². The first-order valence-corrected chi connectivity index (χ1v) is 9.70. The predicted octanol–water partition coefficient (Wildman–Crippen LogP) is 2.10. The topological polar surface area (TPSA) is 78.0 Å². The van der Waals surface area contributed by atoms with E-state index in [1.54, 1.807) is 14.1 Å². The van der Waals surface area contributed by atoms with Crippen molar-refractivity contribution in [2.24, 2.45) is 4.99 Å². The lowest BCUT2D eigenvalue weighted by Crippen LogP contribution is -2.51. The van der Waals surface area contributed by atoms with Gasteiger partial charge in [-0.25, -0.2) is 0 Å². The highest BCUT2D eigenvalue weighted by Crippen LogP contribution is 2.16. The number of ether oxygens (including phenoxy) is 1. The van der Waals surface area contributed by atoms with Gasteiger partial charge in [-0.3, -0.25) is 14.7 Å². The Morgan fingerprint density at radius 2 is 1.96 bits per heavy atom. The minimum Gasteiger partial charge on any atom is -0.489 e. The summed E-state index contributed by atoms with van der Waals surface area (Å²) in [7, 11) is 3.44. The lowest BCUT2D eigenvalue weighted by atomic mass is 10.1. The van der Waals surface area contributed by atoms with E-state index in [4.69, 9.17) is 16.3 Å². The monoisotopic (exact) mass is 523 g/mol. The van der Waals surface area contributed by atoms with Crippen molar-refractivity contribution in [2.45, 2.75) is 31.9 Å². The van der Waals surface area contributed by atoms with Gasteiger partial charge in [0.15, 0.2) is 5.96 Å². The van der Waals surface area contributed by atoms with Crippen molar-refractivity contribution in [1.82, 2.24) is 20.9 Å². The molecule has 0 aliphatic carbocycles. The van der Waals surface area contributed by atoms with Crippen LogP contribution in [0.1, 0.15) is 19.8 Å². The van der Waals surface area contributed by atoms with Gasteiger partial charge in [0.05, 0.1) is 13.1 Å². The van der Waals surface area contributed by atoms with Gasteiger partial charge in [0.2, 0.25) is 5.91 Å². The van der Waals surface area contributed by atoms with Crippen molar-refractivity contribution in [2.75, 3.05) is 40.3 Å². The first-order chi connectivity index (χ1) is 13.0. The second-order valence-electron chi connectivity index (χ2n) is 6.70. The Hall–Kier alpha value is -1.26.